The molecule has 0 saturated heterocycles. The Hall–Kier alpha value is -4.43. The number of methoxy groups -OCH3 is 2. The summed E-state index contributed by atoms with van der Waals surface area (Å²) in [5, 5.41) is 17.6. The molecular formula is C58H83O12P2Si2Ti+. The van der Waals surface area contributed by atoms with Gasteiger partial charge in [0.2, 0.25) is 0 Å². The third-order valence-electron chi connectivity index (χ3n) is 11.7. The predicted octanol–water partition coefficient (Wildman–Crippen LogP) is 15.5. The average Bonchev–Trinajstić information content (AvgIpc) is 3.42. The maximum Gasteiger partial charge on any atom is 0.119 e. The summed E-state index contributed by atoms with van der Waals surface area (Å²) in [6.07, 6.45) is 12.2. The Bertz CT molecular complexity index is 2210. The van der Waals surface area contributed by atoms with E-state index in [9.17, 15) is 4.89 Å². The number of ether oxygens (including phenoxy) is 2. The molecule has 0 unspecified atom stereocenters. The van der Waals surface area contributed by atoms with Crippen LogP contribution in [0.1, 0.15) is 98.8 Å². The predicted molar refractivity (Wildman–Crippen MR) is 309 cm³/mol. The van der Waals surface area contributed by atoms with Crippen molar-refractivity contribution in [2.24, 2.45) is 0 Å². The number of para-hydroxylation sites is 4. The van der Waals surface area contributed by atoms with Crippen LogP contribution in [0.25, 0.3) is 0 Å². The Morgan fingerprint density at radius 1 is 0.440 bits per heavy atom. The van der Waals surface area contributed by atoms with Crippen molar-refractivity contribution in [3.05, 3.63) is 170 Å². The van der Waals surface area contributed by atoms with E-state index in [1.165, 1.54) is 0 Å². The van der Waals surface area contributed by atoms with Crippen LogP contribution in [0.15, 0.2) is 170 Å². The number of phenolic OH excluding ortho intramolecular Hbond substituents is 2. The number of benzene rings is 6. The Labute approximate surface area is 466 Å². The van der Waals surface area contributed by atoms with Crippen LogP contribution in [-0.4, -0.2) is 78.7 Å². The van der Waals surface area contributed by atoms with E-state index in [4.69, 9.17) is 50.0 Å². The molecular weight excluding hydrogens is 1050 g/mol. The van der Waals surface area contributed by atoms with E-state index < -0.39 is 33.3 Å². The fraction of sp³-hybridized carbons (Fsp3) is 0.379. The van der Waals surface area contributed by atoms with Crippen LogP contribution in [0.3, 0.4) is 0 Å². The Morgan fingerprint density at radius 2 is 0.760 bits per heavy atom. The maximum atomic E-state index is 13.9. The molecule has 408 valence electrons. The summed E-state index contributed by atoms with van der Waals surface area (Å²) in [5.41, 5.74) is 0. The fourth-order valence-corrected chi connectivity index (χ4v) is 24.8. The van der Waals surface area contributed by atoms with Gasteiger partial charge in [0.05, 0.1) is 14.2 Å². The zero-order valence-corrected chi connectivity index (χ0v) is 50.8. The van der Waals surface area contributed by atoms with Gasteiger partial charge in [-0.15, -0.1) is 0 Å². The summed E-state index contributed by atoms with van der Waals surface area (Å²) < 4.78 is 59.7. The van der Waals surface area contributed by atoms with Gasteiger partial charge in [0, 0.05) is 21.7 Å². The molecule has 3 N–H and O–H groups in total. The first kappa shape index (κ1) is 64.9. The van der Waals surface area contributed by atoms with Crippen molar-refractivity contribution in [3.8, 4) is 46.0 Å². The van der Waals surface area contributed by atoms with Gasteiger partial charge in [-0.05, 0) is 48.5 Å². The summed E-state index contributed by atoms with van der Waals surface area (Å²) in [4.78, 5) is 13.9. The van der Waals surface area contributed by atoms with E-state index in [0.717, 1.165) is 81.4 Å². The van der Waals surface area contributed by atoms with Crippen molar-refractivity contribution in [3.63, 3.8) is 0 Å². The molecule has 0 aliphatic rings. The van der Waals surface area contributed by atoms with Crippen LogP contribution < -0.4 is 27.2 Å². The Morgan fingerprint density at radius 3 is 1.07 bits per heavy atom. The maximum absolute atomic E-state index is 13.9. The number of rotatable bonds is 31. The summed E-state index contributed by atoms with van der Waals surface area (Å²) in [6, 6.07) is 51.3. The third-order valence-corrected chi connectivity index (χ3v) is 27.0. The van der Waals surface area contributed by atoms with Gasteiger partial charge in [-0.2, -0.15) is 0 Å². The van der Waals surface area contributed by atoms with Gasteiger partial charge < -0.3 is 19.7 Å². The van der Waals surface area contributed by atoms with Crippen LogP contribution in [0.2, 0.25) is 0 Å². The minimum absolute atomic E-state index is 0. The van der Waals surface area contributed by atoms with Crippen molar-refractivity contribution in [1.29, 1.82) is 0 Å². The van der Waals surface area contributed by atoms with E-state index in [-0.39, 0.29) is 45.5 Å². The zero-order valence-electron chi connectivity index (χ0n) is 45.3. The summed E-state index contributed by atoms with van der Waals surface area (Å²) >= 11 is 0. The minimum atomic E-state index is -4.86. The number of aromatic hydroxyl groups is 2. The second-order valence-electron chi connectivity index (χ2n) is 17.9. The quantitative estimate of drug-likeness (QED) is 0.0282. The molecule has 6 aromatic rings. The SMILES string of the molecule is CCCC[P+](CCCC)(CCCC)O[Si](Oc1ccccc1)(Oc1ccccc1)OP(O)(CCCC)(CCCC)O[SiH](Oc1ccccc1)Oc1ccccc1.COc1ccc(O)cc1.COc1ccc(O)cc1.[Ti]. The monoisotopic (exact) mass is 1140 g/mol. The van der Waals surface area contributed by atoms with E-state index in [2.05, 4.69) is 34.6 Å². The van der Waals surface area contributed by atoms with E-state index in [1.54, 1.807) is 62.8 Å². The largest absolute Gasteiger partial charge is 0.508 e. The molecule has 0 spiro atoms. The van der Waals surface area contributed by atoms with Gasteiger partial charge in [0.25, 0.3) is 0 Å². The summed E-state index contributed by atoms with van der Waals surface area (Å²) in [7, 11) is -11.7. The van der Waals surface area contributed by atoms with Crippen molar-refractivity contribution in [2.75, 3.05) is 45.0 Å². The summed E-state index contributed by atoms with van der Waals surface area (Å²) in [5.74, 6) is 4.29. The molecule has 0 aliphatic carbocycles. The first-order chi connectivity index (χ1) is 35.9. The van der Waals surface area contributed by atoms with Crippen LogP contribution in [-0.2, 0) is 34.4 Å². The molecule has 6 rings (SSSR count). The van der Waals surface area contributed by atoms with Crippen molar-refractivity contribution in [1.82, 2.24) is 0 Å². The molecule has 0 amide bonds. The van der Waals surface area contributed by atoms with Crippen LogP contribution in [0.5, 0.6) is 46.0 Å². The van der Waals surface area contributed by atoms with Gasteiger partial charge in [-0.25, -0.2) is 0 Å². The molecule has 0 saturated carbocycles. The molecule has 17 heteroatoms. The van der Waals surface area contributed by atoms with Gasteiger partial charge in [-0.1, -0.05) is 0 Å². The van der Waals surface area contributed by atoms with Crippen molar-refractivity contribution < 1.29 is 76.6 Å². The normalized spacial score (nSPS) is 11.8. The van der Waals surface area contributed by atoms with Crippen LogP contribution >= 0.6 is 14.8 Å². The van der Waals surface area contributed by atoms with E-state index in [1.807, 2.05) is 121 Å². The molecule has 0 aliphatic heterocycles. The van der Waals surface area contributed by atoms with Gasteiger partial charge in [0.1, 0.15) is 23.0 Å². The minimum Gasteiger partial charge on any atom is -0.508 e. The number of hydrogen-bond acceptors (Lipinski definition) is 12. The number of phenols is 2. The van der Waals surface area contributed by atoms with E-state index in [0.29, 0.717) is 35.8 Å². The standard InChI is InChI=1S/C44H67O8P2Si2.2C7H8O2.Ti/c1-6-11-36-53(37-12-7-2,38-13-8-3)50-56(48-43-32-24-18-25-33-43,49-44-34-26-19-27-35-44)52-54(45,39-14-9-4,40-15-10-5)51-55(46-41-28-20-16-21-29-41)47-42-30-22-17-23-31-42;2*1-9-7-4-2-6(8)3-5-7;/h16-35,45,55H,6-15,36-40H2,1-5H3;2*2-5,8H,1H3;/q+1;;;. The second kappa shape index (κ2) is 35.1. The molecule has 0 heterocycles. The average molecular weight is 1140 g/mol. The smallest absolute Gasteiger partial charge is 0.119 e. The Kier molecular flexibility index (Phi) is 30.3. The molecule has 0 fully saturated rings. The van der Waals surface area contributed by atoms with Crippen molar-refractivity contribution in [2.45, 2.75) is 98.8 Å². The summed E-state index contributed by atoms with van der Waals surface area (Å²) in [6.45, 7) is 10.9. The zero-order chi connectivity index (χ0) is 53.4. The molecule has 6 aromatic carbocycles. The second-order valence-corrected chi connectivity index (χ2v) is 29.5. The molecule has 0 atom stereocenters. The third kappa shape index (κ3) is 23.8. The molecule has 0 bridgehead atoms. The molecule has 0 radical (unpaired) electrons. The van der Waals surface area contributed by atoms with E-state index >= 15 is 0 Å². The fourth-order valence-electron chi connectivity index (χ4n) is 7.60. The Balaban J connectivity index is 0.000000650. The van der Waals surface area contributed by atoms with Crippen molar-refractivity contribution >= 4 is 33.3 Å². The van der Waals surface area contributed by atoms with Crippen LogP contribution in [0.4, 0.5) is 0 Å². The van der Waals surface area contributed by atoms with Gasteiger partial charge >= 0.3 is 343 Å². The van der Waals surface area contributed by atoms with Crippen LogP contribution in [0, 0.1) is 0 Å². The van der Waals surface area contributed by atoms with Gasteiger partial charge in [0.15, 0.2) is 0 Å². The molecule has 75 heavy (non-hydrogen) atoms. The number of hydrogen-bond donors (Lipinski definition) is 3. The topological polar surface area (TPSA) is 144 Å². The first-order valence-corrected chi connectivity index (χ1v) is 33.9. The first-order valence-electron chi connectivity index (χ1n) is 26.2. The molecule has 12 nitrogen and oxygen atoms in total. The van der Waals surface area contributed by atoms with Gasteiger partial charge in [-0.3, -0.25) is 0 Å². The number of unbranched alkanes of at least 4 members (excludes halogenated alkanes) is 5. The molecule has 0 aromatic heterocycles.